The maximum atomic E-state index is 16.0. The van der Waals surface area contributed by atoms with E-state index in [2.05, 4.69) is 4.98 Å². The van der Waals surface area contributed by atoms with E-state index in [0.717, 1.165) is 16.5 Å². The average Bonchev–Trinajstić information content (AvgIpc) is 3.22. The fourth-order valence-corrected chi connectivity index (χ4v) is 6.11. The Hall–Kier alpha value is -3.20. The van der Waals surface area contributed by atoms with Crippen molar-refractivity contribution in [3.05, 3.63) is 64.9 Å². The first kappa shape index (κ1) is 29.3. The molecule has 41 heavy (non-hydrogen) atoms. The number of aromatic nitrogens is 1. The van der Waals surface area contributed by atoms with Crippen LogP contribution in [0.3, 0.4) is 0 Å². The maximum absolute atomic E-state index is 16.0. The number of nitrogens with one attached hydrogen (secondary N) is 1. The Morgan fingerprint density at radius 3 is 2.44 bits per heavy atom. The van der Waals surface area contributed by atoms with Crippen LogP contribution in [0.15, 0.2) is 36.4 Å². The SMILES string of the molecule is C[C@@H]1Cc2c([nH]c3ccccc23)[C@@H](c2c(F)cc(OC3CCCN(C(=O)OC(C)(C)C)C3)cc2F)N1CC(C)(C)F. The molecule has 1 unspecified atom stereocenters. The molecule has 2 aliphatic heterocycles. The van der Waals surface area contributed by atoms with E-state index in [1.165, 1.54) is 26.0 Å². The van der Waals surface area contributed by atoms with Gasteiger partial charge >= 0.3 is 6.09 Å². The van der Waals surface area contributed by atoms with Crippen LogP contribution in [-0.4, -0.2) is 63.9 Å². The molecular weight excluding hydrogens is 531 g/mol. The van der Waals surface area contributed by atoms with E-state index < -0.39 is 41.1 Å². The number of piperidine rings is 1. The van der Waals surface area contributed by atoms with Crippen LogP contribution in [0, 0.1) is 11.6 Å². The van der Waals surface area contributed by atoms with E-state index in [1.54, 1.807) is 25.7 Å². The quantitative estimate of drug-likeness (QED) is 0.349. The highest BCUT2D eigenvalue weighted by Crippen LogP contribution is 2.44. The molecule has 3 atom stereocenters. The predicted molar refractivity (Wildman–Crippen MR) is 153 cm³/mol. The third kappa shape index (κ3) is 6.35. The van der Waals surface area contributed by atoms with Gasteiger partial charge in [0.2, 0.25) is 0 Å². The first-order valence-electron chi connectivity index (χ1n) is 14.4. The smallest absolute Gasteiger partial charge is 0.410 e. The summed E-state index contributed by atoms with van der Waals surface area (Å²) in [5.41, 5.74) is 0.214. The fourth-order valence-electron chi connectivity index (χ4n) is 6.11. The number of aromatic amines is 1. The molecule has 9 heteroatoms. The number of carbonyl (C=O) groups is 1. The van der Waals surface area contributed by atoms with E-state index in [4.69, 9.17) is 9.47 Å². The first-order valence-corrected chi connectivity index (χ1v) is 14.4. The lowest BCUT2D eigenvalue weighted by Crippen LogP contribution is -2.48. The third-order valence-corrected chi connectivity index (χ3v) is 7.73. The lowest BCUT2D eigenvalue weighted by atomic mass is 9.87. The number of H-pyrrole nitrogens is 1. The molecule has 1 N–H and O–H groups in total. The normalized spacial score (nSPS) is 22.1. The molecular formula is C32H40F3N3O3. The van der Waals surface area contributed by atoms with E-state index in [9.17, 15) is 4.79 Å². The van der Waals surface area contributed by atoms with E-state index in [-0.39, 0.29) is 30.4 Å². The van der Waals surface area contributed by atoms with Crippen LogP contribution in [0.1, 0.15) is 77.2 Å². The summed E-state index contributed by atoms with van der Waals surface area (Å²) in [6.07, 6.45) is 1.09. The van der Waals surface area contributed by atoms with Crippen molar-refractivity contribution in [2.75, 3.05) is 19.6 Å². The molecule has 2 aromatic carbocycles. The number of nitrogens with zero attached hydrogens (tertiary/aromatic N) is 2. The van der Waals surface area contributed by atoms with Crippen molar-refractivity contribution in [1.29, 1.82) is 0 Å². The minimum Gasteiger partial charge on any atom is -0.488 e. The second kappa shape index (κ2) is 10.9. The number of likely N-dealkylation sites (tertiary alicyclic amines) is 1. The van der Waals surface area contributed by atoms with Crippen molar-refractivity contribution < 1.29 is 27.4 Å². The molecule has 0 spiro atoms. The summed E-state index contributed by atoms with van der Waals surface area (Å²) in [7, 11) is 0. The van der Waals surface area contributed by atoms with Gasteiger partial charge in [0.1, 0.15) is 34.8 Å². The van der Waals surface area contributed by atoms with Crippen molar-refractivity contribution in [3.8, 4) is 5.75 Å². The number of benzene rings is 2. The number of amides is 1. The number of fused-ring (bicyclic) bond motifs is 3. The van der Waals surface area contributed by atoms with Gasteiger partial charge in [-0.3, -0.25) is 4.90 Å². The van der Waals surface area contributed by atoms with E-state index in [0.29, 0.717) is 31.5 Å². The van der Waals surface area contributed by atoms with Crippen molar-refractivity contribution >= 4 is 17.0 Å². The molecule has 3 heterocycles. The number of hydrogen-bond donors (Lipinski definition) is 1. The summed E-state index contributed by atoms with van der Waals surface area (Å²) in [6, 6.07) is 9.19. The van der Waals surface area contributed by atoms with Crippen LogP contribution >= 0.6 is 0 Å². The fraction of sp³-hybridized carbons (Fsp3) is 0.531. The largest absolute Gasteiger partial charge is 0.488 e. The second-order valence-electron chi connectivity index (χ2n) is 13.0. The standard InChI is InChI=1S/C32H40F3N3O3/c1-19-14-23-22-11-7-8-12-26(22)36-28(23)29(38(19)18-32(5,6)35)27-24(33)15-21(16-25(27)34)40-20-10-9-13-37(17-20)30(39)41-31(2,3)4/h7-8,11-12,15-16,19-20,29,36H,9-10,13-14,17-18H2,1-6H3/t19-,20?,29-/m1/s1. The third-order valence-electron chi connectivity index (χ3n) is 7.73. The predicted octanol–water partition coefficient (Wildman–Crippen LogP) is 7.31. The zero-order valence-corrected chi connectivity index (χ0v) is 24.7. The number of alkyl halides is 1. The zero-order chi connectivity index (χ0) is 29.7. The highest BCUT2D eigenvalue weighted by molar-refractivity contribution is 5.85. The van der Waals surface area contributed by atoms with Gasteiger partial charge in [-0.25, -0.2) is 18.0 Å². The Morgan fingerprint density at radius 2 is 1.78 bits per heavy atom. The average molecular weight is 572 g/mol. The number of ether oxygens (including phenoxy) is 2. The molecule has 3 aromatic rings. The Labute approximate surface area is 239 Å². The van der Waals surface area contributed by atoms with Gasteiger partial charge in [0.25, 0.3) is 0 Å². The van der Waals surface area contributed by atoms with Crippen LogP contribution < -0.4 is 4.74 Å². The molecule has 1 amide bonds. The zero-order valence-electron chi connectivity index (χ0n) is 24.7. The molecule has 0 bridgehead atoms. The lowest BCUT2D eigenvalue weighted by molar-refractivity contribution is 0.00766. The molecule has 1 aromatic heterocycles. The van der Waals surface area contributed by atoms with Crippen LogP contribution in [0.25, 0.3) is 10.9 Å². The van der Waals surface area contributed by atoms with Gasteiger partial charge in [-0.15, -0.1) is 0 Å². The van der Waals surface area contributed by atoms with Crippen LogP contribution in [0.5, 0.6) is 5.75 Å². The first-order chi connectivity index (χ1) is 19.2. The monoisotopic (exact) mass is 571 g/mol. The lowest BCUT2D eigenvalue weighted by Gasteiger charge is -2.43. The minimum atomic E-state index is -1.58. The Balaban J connectivity index is 1.46. The number of carbonyl (C=O) groups excluding carboxylic acids is 1. The molecule has 222 valence electrons. The maximum Gasteiger partial charge on any atom is 0.410 e. The van der Waals surface area contributed by atoms with Crippen molar-refractivity contribution in [1.82, 2.24) is 14.8 Å². The molecule has 5 rings (SSSR count). The van der Waals surface area contributed by atoms with E-state index in [1.807, 2.05) is 36.1 Å². The van der Waals surface area contributed by atoms with E-state index >= 15 is 13.2 Å². The van der Waals surface area contributed by atoms with Gasteiger partial charge in [0.05, 0.1) is 12.6 Å². The van der Waals surface area contributed by atoms with Crippen molar-refractivity contribution in [2.24, 2.45) is 0 Å². The van der Waals surface area contributed by atoms with Crippen LogP contribution in [-0.2, 0) is 11.2 Å². The van der Waals surface area contributed by atoms with Crippen molar-refractivity contribution in [2.45, 2.75) is 90.3 Å². The molecule has 0 radical (unpaired) electrons. The van der Waals surface area contributed by atoms with Gasteiger partial charge in [-0.2, -0.15) is 0 Å². The minimum absolute atomic E-state index is 0.00729. The summed E-state index contributed by atoms with van der Waals surface area (Å²) in [5, 5.41) is 1.01. The summed E-state index contributed by atoms with van der Waals surface area (Å²) < 4.78 is 58.5. The van der Waals surface area contributed by atoms with Crippen molar-refractivity contribution in [3.63, 3.8) is 0 Å². The van der Waals surface area contributed by atoms with Crippen LogP contribution in [0.4, 0.5) is 18.0 Å². The molecule has 0 aliphatic carbocycles. The highest BCUT2D eigenvalue weighted by atomic mass is 19.1. The molecule has 6 nitrogen and oxygen atoms in total. The van der Waals surface area contributed by atoms with Gasteiger partial charge in [-0.05, 0) is 72.4 Å². The van der Waals surface area contributed by atoms with Gasteiger partial charge < -0.3 is 19.4 Å². The Bertz CT molecular complexity index is 1400. The second-order valence-corrected chi connectivity index (χ2v) is 13.0. The highest BCUT2D eigenvalue weighted by Gasteiger charge is 2.41. The number of rotatable bonds is 5. The molecule has 0 saturated carbocycles. The molecule has 1 saturated heterocycles. The number of hydrogen-bond acceptors (Lipinski definition) is 4. The topological polar surface area (TPSA) is 57.8 Å². The molecule has 1 fully saturated rings. The summed E-state index contributed by atoms with van der Waals surface area (Å²) in [6.45, 7) is 11.1. The summed E-state index contributed by atoms with van der Waals surface area (Å²) in [4.78, 5) is 19.4. The Kier molecular flexibility index (Phi) is 7.78. The van der Waals surface area contributed by atoms with Gasteiger partial charge in [0, 0.05) is 53.4 Å². The Morgan fingerprint density at radius 1 is 1.10 bits per heavy atom. The summed E-state index contributed by atoms with van der Waals surface area (Å²) >= 11 is 0. The summed E-state index contributed by atoms with van der Waals surface area (Å²) in [5.74, 6) is -1.46. The number of halogens is 3. The van der Waals surface area contributed by atoms with Crippen LogP contribution in [0.2, 0.25) is 0 Å². The van der Waals surface area contributed by atoms with Gasteiger partial charge in [-0.1, -0.05) is 18.2 Å². The number of para-hydroxylation sites is 1. The molecule has 2 aliphatic rings. The van der Waals surface area contributed by atoms with Gasteiger partial charge in [0.15, 0.2) is 0 Å².